The second-order valence-corrected chi connectivity index (χ2v) is 4.31. The highest BCUT2D eigenvalue weighted by molar-refractivity contribution is 7.99. The van der Waals surface area contributed by atoms with Gasteiger partial charge in [0, 0.05) is 10.6 Å². The van der Waals surface area contributed by atoms with Gasteiger partial charge in [0.2, 0.25) is 0 Å². The summed E-state index contributed by atoms with van der Waals surface area (Å²) in [6, 6.07) is 11.9. The van der Waals surface area contributed by atoms with Crippen molar-refractivity contribution in [1.82, 2.24) is 0 Å². The third-order valence-electron chi connectivity index (χ3n) is 2.35. The maximum absolute atomic E-state index is 8.87. The van der Waals surface area contributed by atoms with Crippen LogP contribution in [0, 0.1) is 22.7 Å². The van der Waals surface area contributed by atoms with Gasteiger partial charge in [-0.25, -0.2) is 0 Å². The summed E-state index contributed by atoms with van der Waals surface area (Å²) >= 11 is 1.78. The molecule has 0 aromatic heterocycles. The average molecular weight is 212 g/mol. The number of nitriles is 2. The standard InChI is InChI=1S/C12H8N2S/c13-7-9(8-14)10-5-6-15-12-4-2-1-3-11(10)12/h1-4H,5-6H2. The molecule has 0 radical (unpaired) electrons. The first-order valence-electron chi connectivity index (χ1n) is 4.62. The van der Waals surface area contributed by atoms with Gasteiger partial charge in [-0.05, 0) is 23.6 Å². The Kier molecular flexibility index (Phi) is 2.76. The zero-order chi connectivity index (χ0) is 10.7. The number of allylic oxidation sites excluding steroid dienone is 2. The van der Waals surface area contributed by atoms with Crippen LogP contribution in [0.1, 0.15) is 12.0 Å². The second-order valence-electron chi connectivity index (χ2n) is 3.17. The predicted molar refractivity (Wildman–Crippen MR) is 59.9 cm³/mol. The third kappa shape index (κ3) is 1.75. The van der Waals surface area contributed by atoms with E-state index in [1.54, 1.807) is 11.8 Å². The molecule has 0 atom stereocenters. The Bertz CT molecular complexity index is 487. The van der Waals surface area contributed by atoms with Crippen LogP contribution >= 0.6 is 11.8 Å². The van der Waals surface area contributed by atoms with Gasteiger partial charge < -0.3 is 0 Å². The van der Waals surface area contributed by atoms with Crippen molar-refractivity contribution in [1.29, 1.82) is 10.5 Å². The Morgan fingerprint density at radius 3 is 2.67 bits per heavy atom. The van der Waals surface area contributed by atoms with Crippen molar-refractivity contribution in [3.63, 3.8) is 0 Å². The number of thioether (sulfide) groups is 1. The Labute approximate surface area is 92.8 Å². The molecule has 0 fully saturated rings. The molecule has 1 aliphatic heterocycles. The highest BCUT2D eigenvalue weighted by Gasteiger charge is 2.17. The molecule has 3 heteroatoms. The molecule has 0 saturated carbocycles. The molecule has 0 N–H and O–H groups in total. The van der Waals surface area contributed by atoms with E-state index >= 15 is 0 Å². The Balaban J connectivity index is 2.62. The Hall–Kier alpha value is -1.71. The number of nitrogens with zero attached hydrogens (tertiary/aromatic N) is 2. The fourth-order valence-electron chi connectivity index (χ4n) is 1.66. The topological polar surface area (TPSA) is 47.6 Å². The lowest BCUT2D eigenvalue weighted by molar-refractivity contribution is 1.18. The van der Waals surface area contributed by atoms with Crippen LogP contribution in [-0.2, 0) is 0 Å². The number of hydrogen-bond acceptors (Lipinski definition) is 3. The molecular weight excluding hydrogens is 204 g/mol. The van der Waals surface area contributed by atoms with Crippen LogP contribution < -0.4 is 0 Å². The first kappa shape index (κ1) is 9.83. The van der Waals surface area contributed by atoms with E-state index < -0.39 is 0 Å². The lowest BCUT2D eigenvalue weighted by atomic mass is 9.98. The van der Waals surface area contributed by atoms with E-state index in [1.807, 2.05) is 36.4 Å². The molecule has 1 heterocycles. The molecule has 1 aromatic rings. The van der Waals surface area contributed by atoms with E-state index in [9.17, 15) is 0 Å². The summed E-state index contributed by atoms with van der Waals surface area (Å²) in [6.07, 6.45) is 0.804. The van der Waals surface area contributed by atoms with Crippen molar-refractivity contribution in [3.8, 4) is 12.1 Å². The quantitative estimate of drug-likeness (QED) is 0.621. The lowest BCUT2D eigenvalue weighted by Gasteiger charge is -2.17. The third-order valence-corrected chi connectivity index (χ3v) is 3.42. The second kappa shape index (κ2) is 4.21. The molecule has 1 aromatic carbocycles. The average Bonchev–Trinajstić information content (AvgIpc) is 2.31. The zero-order valence-corrected chi connectivity index (χ0v) is 8.84. The fourth-order valence-corrected chi connectivity index (χ4v) is 2.71. The van der Waals surface area contributed by atoms with Crippen molar-refractivity contribution in [3.05, 3.63) is 35.4 Å². The van der Waals surface area contributed by atoms with E-state index in [-0.39, 0.29) is 5.57 Å². The number of rotatable bonds is 0. The highest BCUT2D eigenvalue weighted by Crippen LogP contribution is 2.37. The monoisotopic (exact) mass is 212 g/mol. The molecule has 15 heavy (non-hydrogen) atoms. The van der Waals surface area contributed by atoms with Crippen LogP contribution in [0.15, 0.2) is 34.7 Å². The summed E-state index contributed by atoms with van der Waals surface area (Å²) in [7, 11) is 0. The van der Waals surface area contributed by atoms with Crippen LogP contribution in [0.3, 0.4) is 0 Å². The molecule has 0 unspecified atom stereocenters. The molecule has 2 nitrogen and oxygen atoms in total. The molecule has 2 rings (SSSR count). The van der Waals surface area contributed by atoms with Gasteiger partial charge in [0.1, 0.15) is 17.7 Å². The van der Waals surface area contributed by atoms with Crippen LogP contribution in [0.4, 0.5) is 0 Å². The summed E-state index contributed by atoms with van der Waals surface area (Å²) in [5, 5.41) is 17.7. The minimum atomic E-state index is 0.253. The number of fused-ring (bicyclic) bond motifs is 1. The molecule has 0 amide bonds. The van der Waals surface area contributed by atoms with E-state index in [0.29, 0.717) is 0 Å². The van der Waals surface area contributed by atoms with Gasteiger partial charge in [-0.1, -0.05) is 18.2 Å². The number of hydrogen-bond donors (Lipinski definition) is 0. The number of benzene rings is 1. The summed E-state index contributed by atoms with van der Waals surface area (Å²) in [5.74, 6) is 0.944. The summed E-state index contributed by atoms with van der Waals surface area (Å²) in [5.41, 5.74) is 2.20. The smallest absolute Gasteiger partial charge is 0.133 e. The summed E-state index contributed by atoms with van der Waals surface area (Å²) in [6.45, 7) is 0. The first-order chi connectivity index (χ1) is 7.36. The predicted octanol–water partition coefficient (Wildman–Crippen LogP) is 2.98. The largest absolute Gasteiger partial charge is 0.192 e. The maximum Gasteiger partial charge on any atom is 0.133 e. The minimum absolute atomic E-state index is 0.253. The fraction of sp³-hybridized carbons (Fsp3) is 0.167. The molecule has 0 bridgehead atoms. The zero-order valence-electron chi connectivity index (χ0n) is 8.03. The van der Waals surface area contributed by atoms with Gasteiger partial charge in [-0.2, -0.15) is 10.5 Å². The molecule has 0 spiro atoms. The Morgan fingerprint density at radius 2 is 1.93 bits per heavy atom. The van der Waals surface area contributed by atoms with E-state index in [1.165, 1.54) is 4.90 Å². The maximum atomic E-state index is 8.87. The van der Waals surface area contributed by atoms with Crippen LogP contribution in [0.2, 0.25) is 0 Å². The molecular formula is C12H8N2S. The van der Waals surface area contributed by atoms with Crippen LogP contribution in [-0.4, -0.2) is 5.75 Å². The Morgan fingerprint density at radius 1 is 1.20 bits per heavy atom. The molecule has 72 valence electrons. The van der Waals surface area contributed by atoms with Crippen LogP contribution in [0.25, 0.3) is 5.57 Å². The van der Waals surface area contributed by atoms with Gasteiger partial charge in [-0.15, -0.1) is 11.8 Å². The van der Waals surface area contributed by atoms with Crippen molar-refractivity contribution in [2.45, 2.75) is 11.3 Å². The molecule has 0 saturated heterocycles. The SMILES string of the molecule is N#CC(C#N)=C1CCSc2ccccc21. The van der Waals surface area contributed by atoms with Gasteiger partial charge >= 0.3 is 0 Å². The van der Waals surface area contributed by atoms with Crippen molar-refractivity contribution >= 4 is 17.3 Å². The first-order valence-corrected chi connectivity index (χ1v) is 5.61. The molecule has 0 aliphatic carbocycles. The summed E-state index contributed by atoms with van der Waals surface area (Å²) in [4.78, 5) is 1.17. The van der Waals surface area contributed by atoms with Crippen molar-refractivity contribution in [2.24, 2.45) is 0 Å². The van der Waals surface area contributed by atoms with Crippen molar-refractivity contribution < 1.29 is 0 Å². The van der Waals surface area contributed by atoms with Gasteiger partial charge in [0.25, 0.3) is 0 Å². The van der Waals surface area contributed by atoms with Gasteiger partial charge in [0.15, 0.2) is 0 Å². The lowest BCUT2D eigenvalue weighted by Crippen LogP contribution is -1.99. The van der Waals surface area contributed by atoms with Crippen molar-refractivity contribution in [2.75, 3.05) is 5.75 Å². The minimum Gasteiger partial charge on any atom is -0.192 e. The normalized spacial score (nSPS) is 13.6. The molecule has 1 aliphatic rings. The highest BCUT2D eigenvalue weighted by atomic mass is 32.2. The van der Waals surface area contributed by atoms with E-state index in [4.69, 9.17) is 10.5 Å². The van der Waals surface area contributed by atoms with Gasteiger partial charge in [0.05, 0.1) is 0 Å². The summed E-state index contributed by atoms with van der Waals surface area (Å²) < 4.78 is 0. The van der Waals surface area contributed by atoms with E-state index in [2.05, 4.69) is 0 Å². The van der Waals surface area contributed by atoms with Gasteiger partial charge in [-0.3, -0.25) is 0 Å². The van der Waals surface area contributed by atoms with E-state index in [0.717, 1.165) is 23.3 Å². The van der Waals surface area contributed by atoms with Crippen LogP contribution in [0.5, 0.6) is 0 Å².